The molecule has 0 aromatic heterocycles. The average Bonchev–Trinajstić information content (AvgIpc) is 3.09. The molecule has 0 aliphatic heterocycles. The van der Waals surface area contributed by atoms with Crippen LogP contribution in [0.2, 0.25) is 5.02 Å². The molecule has 0 radical (unpaired) electrons. The minimum atomic E-state index is -4.45. The fourth-order valence-corrected chi connectivity index (χ4v) is 6.71. The Balaban J connectivity index is 1.83. The third-order valence-electron chi connectivity index (χ3n) is 7.85. The zero-order valence-electron chi connectivity index (χ0n) is 27.2. The van der Waals surface area contributed by atoms with Gasteiger partial charge in [0.2, 0.25) is 11.8 Å². The van der Waals surface area contributed by atoms with Crippen LogP contribution in [0.1, 0.15) is 31.4 Å². The van der Waals surface area contributed by atoms with Crippen LogP contribution in [0.5, 0.6) is 11.5 Å². The number of benzene rings is 4. The van der Waals surface area contributed by atoms with Crippen LogP contribution in [0.25, 0.3) is 0 Å². The summed E-state index contributed by atoms with van der Waals surface area (Å²) in [6.45, 7) is 3.06. The molecule has 48 heavy (non-hydrogen) atoms. The van der Waals surface area contributed by atoms with E-state index in [4.69, 9.17) is 21.1 Å². The van der Waals surface area contributed by atoms with Crippen molar-refractivity contribution in [3.63, 3.8) is 0 Å². The number of halogens is 2. The van der Waals surface area contributed by atoms with Crippen LogP contribution in [0.3, 0.4) is 0 Å². The second-order valence-electron chi connectivity index (χ2n) is 11.2. The van der Waals surface area contributed by atoms with Gasteiger partial charge in [-0.3, -0.25) is 13.9 Å². The van der Waals surface area contributed by atoms with Crippen molar-refractivity contribution in [2.24, 2.45) is 0 Å². The molecular formula is C36H39ClFN3O6S. The zero-order valence-corrected chi connectivity index (χ0v) is 28.8. The van der Waals surface area contributed by atoms with E-state index in [1.807, 2.05) is 44.2 Å². The first-order valence-electron chi connectivity index (χ1n) is 15.3. The number of nitrogens with one attached hydrogen (secondary N) is 1. The van der Waals surface area contributed by atoms with Gasteiger partial charge in [0.15, 0.2) is 11.5 Å². The monoisotopic (exact) mass is 695 g/mol. The lowest BCUT2D eigenvalue weighted by atomic mass is 10.0. The molecule has 0 bridgehead atoms. The number of nitrogens with zero attached hydrogens (tertiary/aromatic N) is 2. The lowest BCUT2D eigenvalue weighted by Crippen LogP contribution is -2.54. The molecule has 254 valence electrons. The molecular weight excluding hydrogens is 657 g/mol. The fraction of sp³-hybridized carbons (Fsp3) is 0.278. The lowest BCUT2D eigenvalue weighted by Gasteiger charge is -2.34. The van der Waals surface area contributed by atoms with E-state index in [0.29, 0.717) is 22.8 Å². The highest BCUT2D eigenvalue weighted by molar-refractivity contribution is 7.92. The molecule has 0 heterocycles. The van der Waals surface area contributed by atoms with Gasteiger partial charge in [0.25, 0.3) is 10.0 Å². The number of anilines is 1. The molecule has 12 heteroatoms. The highest BCUT2D eigenvalue weighted by Gasteiger charge is 2.35. The van der Waals surface area contributed by atoms with Crippen molar-refractivity contribution in [1.82, 2.24) is 10.2 Å². The molecule has 0 aliphatic carbocycles. The number of sulfonamides is 1. The van der Waals surface area contributed by atoms with Crippen LogP contribution in [0.4, 0.5) is 10.1 Å². The molecule has 9 nitrogen and oxygen atoms in total. The number of ether oxygens (including phenoxy) is 2. The summed E-state index contributed by atoms with van der Waals surface area (Å²) in [5.74, 6) is -1.16. The van der Waals surface area contributed by atoms with E-state index in [1.165, 1.54) is 49.5 Å². The smallest absolute Gasteiger partial charge is 0.264 e. The summed E-state index contributed by atoms with van der Waals surface area (Å²) >= 11 is 6.30. The van der Waals surface area contributed by atoms with Crippen LogP contribution in [-0.2, 0) is 32.6 Å². The standard InChI is InChI=1S/C36H39ClFN3O6S/c1-5-25(2)39-36(43)32(21-26-10-7-6-8-11-26)40(23-27-12-9-13-28(37)20-27)35(42)24-41(30-16-14-29(38)15-17-30)48(44,45)31-18-19-33(46-3)34(22-31)47-4/h6-20,22,25,32H,5,21,23-24H2,1-4H3,(H,39,43)/t25-,32-/m0/s1. The Labute approximate surface area is 286 Å². The van der Waals surface area contributed by atoms with Gasteiger partial charge in [0.05, 0.1) is 24.8 Å². The van der Waals surface area contributed by atoms with Gasteiger partial charge < -0.3 is 19.7 Å². The van der Waals surface area contributed by atoms with Gasteiger partial charge in [-0.15, -0.1) is 0 Å². The van der Waals surface area contributed by atoms with Gasteiger partial charge in [-0.05, 0) is 73.0 Å². The minimum absolute atomic E-state index is 0.0432. The molecule has 0 unspecified atom stereocenters. The Kier molecular flexibility index (Phi) is 12.4. The number of carbonyl (C=O) groups is 2. The van der Waals surface area contributed by atoms with Crippen molar-refractivity contribution in [2.45, 2.75) is 50.2 Å². The first-order chi connectivity index (χ1) is 23.0. The molecule has 2 atom stereocenters. The summed E-state index contributed by atoms with van der Waals surface area (Å²) in [6.07, 6.45) is 0.822. The summed E-state index contributed by atoms with van der Waals surface area (Å²) in [5, 5.41) is 3.43. The lowest BCUT2D eigenvalue weighted by molar-refractivity contribution is -0.140. The quantitative estimate of drug-likeness (QED) is 0.158. The van der Waals surface area contributed by atoms with Gasteiger partial charge in [0.1, 0.15) is 18.4 Å². The number of rotatable bonds is 15. The molecule has 0 fully saturated rings. The summed E-state index contributed by atoms with van der Waals surface area (Å²) in [7, 11) is -1.65. The predicted octanol–water partition coefficient (Wildman–Crippen LogP) is 6.25. The van der Waals surface area contributed by atoms with Crippen LogP contribution >= 0.6 is 11.6 Å². The second-order valence-corrected chi connectivity index (χ2v) is 13.5. The normalized spacial score (nSPS) is 12.5. The van der Waals surface area contributed by atoms with Crippen molar-refractivity contribution in [2.75, 3.05) is 25.1 Å². The van der Waals surface area contributed by atoms with Crippen LogP contribution in [-0.4, -0.2) is 58.0 Å². The first-order valence-corrected chi connectivity index (χ1v) is 17.2. The van der Waals surface area contributed by atoms with Crippen molar-refractivity contribution in [3.05, 3.63) is 119 Å². The van der Waals surface area contributed by atoms with Crippen molar-refractivity contribution < 1.29 is 31.9 Å². The number of methoxy groups -OCH3 is 2. The molecule has 1 N–H and O–H groups in total. The molecule has 0 saturated heterocycles. The maximum Gasteiger partial charge on any atom is 0.264 e. The minimum Gasteiger partial charge on any atom is -0.493 e. The van der Waals surface area contributed by atoms with Crippen LogP contribution < -0.4 is 19.1 Å². The van der Waals surface area contributed by atoms with Crippen LogP contribution in [0, 0.1) is 5.82 Å². The summed E-state index contributed by atoms with van der Waals surface area (Å²) in [4.78, 5) is 29.7. The van der Waals surface area contributed by atoms with Crippen molar-refractivity contribution >= 4 is 39.1 Å². The van der Waals surface area contributed by atoms with E-state index in [9.17, 15) is 22.4 Å². The Morgan fingerprint density at radius 1 is 0.875 bits per heavy atom. The molecule has 0 aliphatic rings. The van der Waals surface area contributed by atoms with Gasteiger partial charge >= 0.3 is 0 Å². The predicted molar refractivity (Wildman–Crippen MR) is 184 cm³/mol. The molecule has 2 amide bonds. The van der Waals surface area contributed by atoms with E-state index in [0.717, 1.165) is 22.0 Å². The van der Waals surface area contributed by atoms with Gasteiger partial charge in [-0.2, -0.15) is 0 Å². The summed E-state index contributed by atoms with van der Waals surface area (Å²) in [5.41, 5.74) is 1.49. The maximum absolute atomic E-state index is 14.6. The topological polar surface area (TPSA) is 105 Å². The summed E-state index contributed by atoms with van der Waals surface area (Å²) < 4.78 is 54.1. The number of amides is 2. The van der Waals surface area contributed by atoms with Crippen molar-refractivity contribution in [3.8, 4) is 11.5 Å². The third kappa shape index (κ3) is 9.05. The van der Waals surface area contributed by atoms with Gasteiger partial charge in [-0.1, -0.05) is 61.0 Å². The molecule has 4 aromatic rings. The molecule has 0 saturated carbocycles. The zero-order chi connectivity index (χ0) is 34.8. The molecule has 4 rings (SSSR count). The first kappa shape index (κ1) is 36.2. The largest absolute Gasteiger partial charge is 0.493 e. The highest BCUT2D eigenvalue weighted by atomic mass is 35.5. The van der Waals surface area contributed by atoms with Gasteiger partial charge in [-0.25, -0.2) is 12.8 Å². The van der Waals surface area contributed by atoms with E-state index in [-0.39, 0.29) is 41.2 Å². The molecule has 4 aromatic carbocycles. The Hall–Kier alpha value is -4.61. The van der Waals surface area contributed by atoms with E-state index in [2.05, 4.69) is 5.32 Å². The maximum atomic E-state index is 14.6. The number of hydrogen-bond acceptors (Lipinski definition) is 6. The Morgan fingerprint density at radius 2 is 1.54 bits per heavy atom. The number of carbonyl (C=O) groups excluding carboxylic acids is 2. The van der Waals surface area contributed by atoms with E-state index in [1.54, 1.807) is 24.3 Å². The Bertz CT molecular complexity index is 1810. The third-order valence-corrected chi connectivity index (χ3v) is 9.86. The molecule has 0 spiro atoms. The SMILES string of the molecule is CC[C@H](C)NC(=O)[C@H](Cc1ccccc1)N(Cc1cccc(Cl)c1)C(=O)CN(c1ccc(F)cc1)S(=O)(=O)c1ccc(OC)c(OC)c1. The summed E-state index contributed by atoms with van der Waals surface area (Å²) in [6, 6.07) is 23.8. The highest BCUT2D eigenvalue weighted by Crippen LogP contribution is 2.32. The number of hydrogen-bond donors (Lipinski definition) is 1. The van der Waals surface area contributed by atoms with E-state index < -0.39 is 34.3 Å². The van der Waals surface area contributed by atoms with Gasteiger partial charge in [0, 0.05) is 30.1 Å². The van der Waals surface area contributed by atoms with Crippen molar-refractivity contribution in [1.29, 1.82) is 0 Å². The van der Waals surface area contributed by atoms with E-state index >= 15 is 0 Å². The average molecular weight is 696 g/mol. The Morgan fingerprint density at radius 3 is 2.17 bits per heavy atom. The fourth-order valence-electron chi connectivity index (χ4n) is 5.07. The second kappa shape index (κ2) is 16.5. The van der Waals surface area contributed by atoms with Crippen LogP contribution in [0.15, 0.2) is 102 Å².